The van der Waals surface area contributed by atoms with Gasteiger partial charge < -0.3 is 10.2 Å². The molecule has 1 N–H and O–H groups in total. The van der Waals surface area contributed by atoms with Crippen molar-refractivity contribution < 1.29 is 0 Å². The number of nitrogens with one attached hydrogen (secondary N) is 1. The smallest absolute Gasteiger partial charge is 0.0369 e. The van der Waals surface area contributed by atoms with E-state index in [-0.39, 0.29) is 0 Å². The van der Waals surface area contributed by atoms with Crippen LogP contribution in [0.4, 0.5) is 5.69 Å². The zero-order chi connectivity index (χ0) is 14.7. The fourth-order valence-corrected chi connectivity index (χ4v) is 3.74. The number of anilines is 1. The summed E-state index contributed by atoms with van der Waals surface area (Å²) in [5.41, 5.74) is 2.76. The maximum absolute atomic E-state index is 3.52. The average Bonchev–Trinajstić information content (AvgIpc) is 2.47. The van der Waals surface area contributed by atoms with Crippen molar-refractivity contribution in [2.24, 2.45) is 5.92 Å². The molecule has 2 atom stereocenters. The summed E-state index contributed by atoms with van der Waals surface area (Å²) >= 11 is 0. The van der Waals surface area contributed by atoms with E-state index in [0.29, 0.717) is 0 Å². The molecule has 1 aliphatic heterocycles. The minimum atomic E-state index is 0.837. The van der Waals surface area contributed by atoms with Crippen LogP contribution < -0.4 is 10.2 Å². The molecular weight excluding hydrogens is 258 g/mol. The highest BCUT2D eigenvalue weighted by atomic mass is 15.3. The first-order valence-electron chi connectivity index (χ1n) is 8.54. The van der Waals surface area contributed by atoms with Gasteiger partial charge >= 0.3 is 0 Å². The molecule has 21 heavy (non-hydrogen) atoms. The van der Waals surface area contributed by atoms with Gasteiger partial charge in [-0.2, -0.15) is 0 Å². The van der Waals surface area contributed by atoms with Crippen LogP contribution in [0, 0.1) is 12.8 Å². The van der Waals surface area contributed by atoms with Crippen molar-refractivity contribution in [2.75, 3.05) is 44.2 Å². The van der Waals surface area contributed by atoms with Crippen LogP contribution in [0.5, 0.6) is 0 Å². The molecule has 0 aromatic heterocycles. The number of nitrogens with zero attached hydrogens (tertiary/aromatic N) is 2. The number of aryl methyl sites for hydroxylation is 1. The third kappa shape index (κ3) is 3.41. The number of piperazine rings is 1. The van der Waals surface area contributed by atoms with Gasteiger partial charge in [0.1, 0.15) is 0 Å². The highest BCUT2D eigenvalue weighted by Gasteiger charge is 2.36. The molecule has 3 nitrogen and oxygen atoms in total. The maximum atomic E-state index is 3.52. The number of hydrogen-bond acceptors (Lipinski definition) is 3. The van der Waals surface area contributed by atoms with E-state index in [1.54, 1.807) is 0 Å². The normalized spacial score (nSPS) is 26.7. The van der Waals surface area contributed by atoms with E-state index in [1.165, 1.54) is 56.8 Å². The molecule has 0 bridgehead atoms. The predicted octanol–water partition coefficient (Wildman–Crippen LogP) is 2.51. The molecule has 1 aliphatic carbocycles. The van der Waals surface area contributed by atoms with Crippen LogP contribution in [-0.4, -0.2) is 50.2 Å². The highest BCUT2D eigenvalue weighted by Crippen LogP contribution is 2.32. The monoisotopic (exact) mass is 287 g/mol. The van der Waals surface area contributed by atoms with Crippen molar-refractivity contribution >= 4 is 5.69 Å². The predicted molar refractivity (Wildman–Crippen MR) is 90.0 cm³/mol. The van der Waals surface area contributed by atoms with Gasteiger partial charge in [-0.1, -0.05) is 19.1 Å². The second-order valence-electron chi connectivity index (χ2n) is 6.57. The van der Waals surface area contributed by atoms with Gasteiger partial charge in [-0.05, 0) is 56.5 Å². The minimum absolute atomic E-state index is 0.837. The molecule has 1 saturated heterocycles. The van der Waals surface area contributed by atoms with E-state index >= 15 is 0 Å². The van der Waals surface area contributed by atoms with E-state index in [1.807, 2.05) is 0 Å². The maximum Gasteiger partial charge on any atom is 0.0369 e. The van der Waals surface area contributed by atoms with E-state index < -0.39 is 0 Å². The molecule has 2 fully saturated rings. The second kappa shape index (κ2) is 6.80. The van der Waals surface area contributed by atoms with Gasteiger partial charge in [0.2, 0.25) is 0 Å². The minimum Gasteiger partial charge on any atom is -0.369 e. The van der Waals surface area contributed by atoms with Gasteiger partial charge in [0.25, 0.3) is 0 Å². The number of rotatable bonds is 5. The molecule has 0 spiro atoms. The molecular formula is C18H29N3. The van der Waals surface area contributed by atoms with E-state index in [0.717, 1.165) is 18.5 Å². The highest BCUT2D eigenvalue weighted by molar-refractivity contribution is 5.48. The number of hydrogen-bond donors (Lipinski definition) is 1. The SMILES string of the molecule is CCNCC1CCC1N1CCN(c2cccc(C)c2)CC1. The molecule has 3 heteroatoms. The molecule has 2 unspecified atom stereocenters. The van der Waals surface area contributed by atoms with Gasteiger partial charge in [-0.15, -0.1) is 0 Å². The fraction of sp³-hybridized carbons (Fsp3) is 0.667. The van der Waals surface area contributed by atoms with Crippen LogP contribution >= 0.6 is 0 Å². The lowest BCUT2D eigenvalue weighted by atomic mass is 9.78. The van der Waals surface area contributed by atoms with Crippen molar-refractivity contribution in [2.45, 2.75) is 32.7 Å². The van der Waals surface area contributed by atoms with Crippen LogP contribution in [0.2, 0.25) is 0 Å². The Hall–Kier alpha value is -1.06. The molecule has 3 rings (SSSR count). The van der Waals surface area contributed by atoms with Crippen LogP contribution in [0.3, 0.4) is 0 Å². The fourth-order valence-electron chi connectivity index (χ4n) is 3.74. The summed E-state index contributed by atoms with van der Waals surface area (Å²) in [6, 6.07) is 9.76. The summed E-state index contributed by atoms with van der Waals surface area (Å²) in [4.78, 5) is 5.28. The van der Waals surface area contributed by atoms with E-state index in [4.69, 9.17) is 0 Å². The standard InChI is InChI=1S/C18H29N3/c1-3-19-14-16-7-8-18(16)21-11-9-20(10-12-21)17-6-4-5-15(2)13-17/h4-6,13,16,18-19H,3,7-12,14H2,1-2H3. The average molecular weight is 287 g/mol. The Balaban J connectivity index is 1.51. The van der Waals surface area contributed by atoms with Crippen molar-refractivity contribution in [3.8, 4) is 0 Å². The summed E-state index contributed by atoms with van der Waals surface area (Å²) in [5, 5.41) is 3.52. The van der Waals surface area contributed by atoms with Crippen molar-refractivity contribution in [3.63, 3.8) is 0 Å². The molecule has 0 radical (unpaired) electrons. The van der Waals surface area contributed by atoms with Crippen molar-refractivity contribution in [1.82, 2.24) is 10.2 Å². The molecule has 2 aliphatic rings. The molecule has 0 amide bonds. The molecule has 116 valence electrons. The van der Waals surface area contributed by atoms with Crippen molar-refractivity contribution in [1.29, 1.82) is 0 Å². The lowest BCUT2D eigenvalue weighted by molar-refractivity contribution is 0.0575. The Morgan fingerprint density at radius 3 is 2.57 bits per heavy atom. The molecule has 1 aromatic rings. The van der Waals surface area contributed by atoms with Crippen LogP contribution in [0.25, 0.3) is 0 Å². The van der Waals surface area contributed by atoms with Crippen LogP contribution in [0.15, 0.2) is 24.3 Å². The Morgan fingerprint density at radius 1 is 1.14 bits per heavy atom. The lowest BCUT2D eigenvalue weighted by Crippen LogP contribution is -2.57. The van der Waals surface area contributed by atoms with Gasteiger partial charge in [-0.25, -0.2) is 0 Å². The van der Waals surface area contributed by atoms with Gasteiger partial charge in [0, 0.05) is 37.9 Å². The summed E-state index contributed by atoms with van der Waals surface area (Å²) in [6.07, 6.45) is 2.82. The lowest BCUT2D eigenvalue weighted by Gasteiger charge is -2.48. The summed E-state index contributed by atoms with van der Waals surface area (Å²) < 4.78 is 0. The Labute approximate surface area is 129 Å². The summed E-state index contributed by atoms with van der Waals surface area (Å²) in [5.74, 6) is 0.885. The Bertz CT molecular complexity index is 452. The Kier molecular flexibility index (Phi) is 4.81. The largest absolute Gasteiger partial charge is 0.369 e. The molecule has 1 heterocycles. The van der Waals surface area contributed by atoms with E-state index in [2.05, 4.69) is 53.2 Å². The van der Waals surface area contributed by atoms with Gasteiger partial charge in [0.05, 0.1) is 0 Å². The zero-order valence-corrected chi connectivity index (χ0v) is 13.5. The first kappa shape index (κ1) is 14.9. The van der Waals surface area contributed by atoms with Crippen molar-refractivity contribution in [3.05, 3.63) is 29.8 Å². The van der Waals surface area contributed by atoms with Gasteiger partial charge in [-0.3, -0.25) is 4.90 Å². The molecule has 1 aromatic carbocycles. The Morgan fingerprint density at radius 2 is 1.95 bits per heavy atom. The first-order valence-corrected chi connectivity index (χ1v) is 8.54. The number of benzene rings is 1. The van der Waals surface area contributed by atoms with E-state index in [9.17, 15) is 0 Å². The topological polar surface area (TPSA) is 18.5 Å². The van der Waals surface area contributed by atoms with Crippen LogP contribution in [0.1, 0.15) is 25.3 Å². The summed E-state index contributed by atoms with van der Waals surface area (Å²) in [6.45, 7) is 11.5. The molecule has 1 saturated carbocycles. The van der Waals surface area contributed by atoms with Crippen LogP contribution in [-0.2, 0) is 0 Å². The third-order valence-electron chi connectivity index (χ3n) is 5.18. The first-order chi connectivity index (χ1) is 10.3. The second-order valence-corrected chi connectivity index (χ2v) is 6.57. The quantitative estimate of drug-likeness (QED) is 0.898. The summed E-state index contributed by atoms with van der Waals surface area (Å²) in [7, 11) is 0. The third-order valence-corrected chi connectivity index (χ3v) is 5.18. The zero-order valence-electron chi connectivity index (χ0n) is 13.5. The van der Waals surface area contributed by atoms with Gasteiger partial charge in [0.15, 0.2) is 0 Å².